The number of carboxylic acids is 1. The number of nitrogens with two attached hydrogens (primary N) is 1. The van der Waals surface area contributed by atoms with Gasteiger partial charge in [0.25, 0.3) is 0 Å². The van der Waals surface area contributed by atoms with Crippen LogP contribution >= 0.6 is 0 Å². The fourth-order valence-corrected chi connectivity index (χ4v) is 1.82. The van der Waals surface area contributed by atoms with E-state index in [4.69, 9.17) is 15.6 Å². The third-order valence-corrected chi connectivity index (χ3v) is 2.61. The van der Waals surface area contributed by atoms with Gasteiger partial charge in [-0.15, -0.1) is 0 Å². The topological polar surface area (TPSA) is 72.6 Å². The summed E-state index contributed by atoms with van der Waals surface area (Å²) >= 11 is 0. The first-order chi connectivity index (χ1) is 6.58. The minimum absolute atomic E-state index is 0.0404. The van der Waals surface area contributed by atoms with Gasteiger partial charge < -0.3 is 15.6 Å². The first-order valence-electron chi connectivity index (χ1n) is 5.20. The summed E-state index contributed by atoms with van der Waals surface area (Å²) in [4.78, 5) is 10.3. The highest BCUT2D eigenvalue weighted by atomic mass is 16.5. The molecule has 1 rings (SSSR count). The third-order valence-electron chi connectivity index (χ3n) is 2.61. The Labute approximate surface area is 84.4 Å². The largest absolute Gasteiger partial charge is 0.481 e. The molecule has 4 heteroatoms. The molecular formula is C10H19NO3. The molecule has 1 fully saturated rings. The van der Waals surface area contributed by atoms with Crippen LogP contribution in [0, 0.1) is 0 Å². The van der Waals surface area contributed by atoms with E-state index < -0.39 is 5.97 Å². The fraction of sp³-hybridized carbons (Fsp3) is 0.900. The molecular weight excluding hydrogens is 182 g/mol. The van der Waals surface area contributed by atoms with Crippen molar-refractivity contribution in [3.63, 3.8) is 0 Å². The highest BCUT2D eigenvalue weighted by Crippen LogP contribution is 2.22. The van der Waals surface area contributed by atoms with Crippen molar-refractivity contribution in [2.24, 2.45) is 5.73 Å². The predicted octanol–water partition coefficient (Wildman–Crippen LogP) is 1.14. The maximum atomic E-state index is 10.3. The first kappa shape index (κ1) is 11.5. The van der Waals surface area contributed by atoms with Crippen LogP contribution in [-0.2, 0) is 9.53 Å². The Morgan fingerprint density at radius 2 is 2.36 bits per heavy atom. The van der Waals surface area contributed by atoms with Crippen LogP contribution in [0.5, 0.6) is 0 Å². The second-order valence-electron chi connectivity index (χ2n) is 4.07. The molecule has 4 nitrogen and oxygen atoms in total. The fourth-order valence-electron chi connectivity index (χ4n) is 1.82. The predicted molar refractivity (Wildman–Crippen MR) is 53.0 cm³/mol. The molecule has 0 aromatic rings. The van der Waals surface area contributed by atoms with Crippen LogP contribution in [0.3, 0.4) is 0 Å². The molecule has 0 aliphatic carbocycles. The van der Waals surface area contributed by atoms with Crippen LogP contribution < -0.4 is 5.73 Å². The molecule has 0 bridgehead atoms. The smallest absolute Gasteiger partial charge is 0.303 e. The highest BCUT2D eigenvalue weighted by Gasteiger charge is 2.23. The van der Waals surface area contributed by atoms with E-state index >= 15 is 0 Å². The van der Waals surface area contributed by atoms with Crippen LogP contribution in [0.25, 0.3) is 0 Å². The first-order valence-corrected chi connectivity index (χ1v) is 5.20. The van der Waals surface area contributed by atoms with Crippen LogP contribution in [0.1, 0.15) is 39.0 Å². The second kappa shape index (κ2) is 5.32. The standard InChI is InChI=1S/C10H19NO3/c1-7-2-4-9(14-7)6-8(11)3-5-10(12)13/h7-9H,2-6,11H2,1H3,(H,12,13). The minimum Gasteiger partial charge on any atom is -0.481 e. The molecule has 3 atom stereocenters. The van der Waals surface area contributed by atoms with Crippen LogP contribution in [0.15, 0.2) is 0 Å². The summed E-state index contributed by atoms with van der Waals surface area (Å²) < 4.78 is 5.61. The van der Waals surface area contributed by atoms with Gasteiger partial charge in [-0.2, -0.15) is 0 Å². The number of hydrogen-bond donors (Lipinski definition) is 2. The monoisotopic (exact) mass is 201 g/mol. The maximum absolute atomic E-state index is 10.3. The van der Waals surface area contributed by atoms with Crippen molar-refractivity contribution in [1.82, 2.24) is 0 Å². The Bertz CT molecular complexity index is 196. The van der Waals surface area contributed by atoms with Crippen molar-refractivity contribution in [3.05, 3.63) is 0 Å². The van der Waals surface area contributed by atoms with E-state index in [0.717, 1.165) is 19.3 Å². The van der Waals surface area contributed by atoms with Crippen LogP contribution in [-0.4, -0.2) is 29.3 Å². The average molecular weight is 201 g/mol. The van der Waals surface area contributed by atoms with Gasteiger partial charge in [-0.1, -0.05) is 0 Å². The van der Waals surface area contributed by atoms with Crippen molar-refractivity contribution in [2.75, 3.05) is 0 Å². The van der Waals surface area contributed by atoms with E-state index in [0.29, 0.717) is 12.5 Å². The molecule has 0 saturated carbocycles. The lowest BCUT2D eigenvalue weighted by atomic mass is 10.0. The number of carboxylic acid groups (broad SMARTS) is 1. The molecule has 1 heterocycles. The van der Waals surface area contributed by atoms with E-state index in [2.05, 4.69) is 6.92 Å². The Morgan fingerprint density at radius 1 is 1.64 bits per heavy atom. The molecule has 3 N–H and O–H groups in total. The minimum atomic E-state index is -0.777. The van der Waals surface area contributed by atoms with Crippen LogP contribution in [0.2, 0.25) is 0 Å². The van der Waals surface area contributed by atoms with E-state index in [9.17, 15) is 4.79 Å². The molecule has 14 heavy (non-hydrogen) atoms. The zero-order valence-electron chi connectivity index (χ0n) is 8.61. The van der Waals surface area contributed by atoms with Crippen LogP contribution in [0.4, 0.5) is 0 Å². The maximum Gasteiger partial charge on any atom is 0.303 e. The quantitative estimate of drug-likeness (QED) is 0.699. The molecule has 1 aliphatic rings. The number of carbonyl (C=O) groups is 1. The normalized spacial score (nSPS) is 29.0. The number of ether oxygens (including phenoxy) is 1. The molecule has 0 aromatic carbocycles. The van der Waals surface area contributed by atoms with Gasteiger partial charge in [-0.25, -0.2) is 0 Å². The lowest BCUT2D eigenvalue weighted by Gasteiger charge is -2.16. The summed E-state index contributed by atoms with van der Waals surface area (Å²) in [5.41, 5.74) is 5.80. The van der Waals surface area contributed by atoms with Gasteiger partial charge in [0.15, 0.2) is 0 Å². The molecule has 82 valence electrons. The third kappa shape index (κ3) is 4.07. The number of rotatable bonds is 5. The zero-order chi connectivity index (χ0) is 10.6. The lowest BCUT2D eigenvalue weighted by Crippen LogP contribution is -2.27. The van der Waals surface area contributed by atoms with Crippen molar-refractivity contribution in [3.8, 4) is 0 Å². The van der Waals surface area contributed by atoms with E-state index in [1.165, 1.54) is 0 Å². The lowest BCUT2D eigenvalue weighted by molar-refractivity contribution is -0.137. The molecule has 0 amide bonds. The van der Waals surface area contributed by atoms with E-state index in [-0.39, 0.29) is 18.6 Å². The average Bonchev–Trinajstić information content (AvgIpc) is 2.48. The summed E-state index contributed by atoms with van der Waals surface area (Å²) in [5.74, 6) is -0.777. The highest BCUT2D eigenvalue weighted by molar-refractivity contribution is 5.66. The van der Waals surface area contributed by atoms with Gasteiger partial charge >= 0.3 is 5.97 Å². The molecule has 0 aromatic heterocycles. The Balaban J connectivity index is 2.13. The molecule has 1 aliphatic heterocycles. The second-order valence-corrected chi connectivity index (χ2v) is 4.07. The van der Waals surface area contributed by atoms with Gasteiger partial charge in [0.2, 0.25) is 0 Å². The molecule has 1 saturated heterocycles. The summed E-state index contributed by atoms with van der Waals surface area (Å²) in [5, 5.41) is 8.48. The Hall–Kier alpha value is -0.610. The van der Waals surface area contributed by atoms with Crippen molar-refractivity contribution in [1.29, 1.82) is 0 Å². The van der Waals surface area contributed by atoms with Gasteiger partial charge in [-0.05, 0) is 32.6 Å². The van der Waals surface area contributed by atoms with Crippen molar-refractivity contribution < 1.29 is 14.6 Å². The summed E-state index contributed by atoms with van der Waals surface area (Å²) in [7, 11) is 0. The van der Waals surface area contributed by atoms with Gasteiger partial charge in [-0.3, -0.25) is 4.79 Å². The molecule has 0 radical (unpaired) electrons. The summed E-state index contributed by atoms with van der Waals surface area (Å²) in [6.45, 7) is 2.06. The zero-order valence-corrected chi connectivity index (χ0v) is 8.61. The molecule has 3 unspecified atom stereocenters. The van der Waals surface area contributed by atoms with Crippen molar-refractivity contribution >= 4 is 5.97 Å². The molecule has 0 spiro atoms. The van der Waals surface area contributed by atoms with Crippen molar-refractivity contribution in [2.45, 2.75) is 57.3 Å². The van der Waals surface area contributed by atoms with E-state index in [1.807, 2.05) is 0 Å². The number of hydrogen-bond acceptors (Lipinski definition) is 3. The van der Waals surface area contributed by atoms with Gasteiger partial charge in [0.1, 0.15) is 0 Å². The van der Waals surface area contributed by atoms with Gasteiger partial charge in [0.05, 0.1) is 12.2 Å². The Morgan fingerprint density at radius 3 is 2.86 bits per heavy atom. The van der Waals surface area contributed by atoms with E-state index in [1.54, 1.807) is 0 Å². The SMILES string of the molecule is CC1CCC(CC(N)CCC(=O)O)O1. The Kier molecular flexibility index (Phi) is 4.35. The summed E-state index contributed by atoms with van der Waals surface area (Å²) in [6, 6.07) is -0.0404. The number of aliphatic carboxylic acids is 1. The summed E-state index contributed by atoms with van der Waals surface area (Å²) in [6.07, 6.45) is 4.23. The van der Waals surface area contributed by atoms with Gasteiger partial charge in [0, 0.05) is 12.5 Å².